The Balaban J connectivity index is 3.38. The number of hydrazine groups is 1. The lowest BCUT2D eigenvalue weighted by molar-refractivity contribution is 0.583. The van der Waals surface area contributed by atoms with Crippen molar-refractivity contribution in [1.82, 2.24) is 4.83 Å². The molecule has 0 atom stereocenters. The standard InChI is InChI=1S/C6H6Br2N2O2S/c7-4-1-2-5(8)6(3-4)13(11,12)10-9/h1-3,10H,9H2. The number of benzene rings is 1. The van der Waals surface area contributed by atoms with Crippen molar-refractivity contribution in [2.75, 3.05) is 0 Å². The number of sulfonamides is 1. The van der Waals surface area contributed by atoms with Crippen LogP contribution in [0.5, 0.6) is 0 Å². The van der Waals surface area contributed by atoms with Crippen LogP contribution < -0.4 is 10.7 Å². The van der Waals surface area contributed by atoms with E-state index in [0.717, 1.165) is 0 Å². The molecule has 72 valence electrons. The highest BCUT2D eigenvalue weighted by Gasteiger charge is 2.15. The number of hydrogen-bond acceptors (Lipinski definition) is 3. The van der Waals surface area contributed by atoms with Crippen LogP contribution in [0.2, 0.25) is 0 Å². The number of halogens is 2. The van der Waals surface area contributed by atoms with E-state index in [1.165, 1.54) is 6.07 Å². The summed E-state index contributed by atoms with van der Waals surface area (Å²) in [5.74, 6) is 4.88. The van der Waals surface area contributed by atoms with Gasteiger partial charge in [-0.25, -0.2) is 8.42 Å². The maximum absolute atomic E-state index is 11.3. The van der Waals surface area contributed by atoms with E-state index in [2.05, 4.69) is 31.9 Å². The van der Waals surface area contributed by atoms with Crippen molar-refractivity contribution in [3.05, 3.63) is 27.1 Å². The Bertz CT molecular complexity index is 419. The van der Waals surface area contributed by atoms with Crippen molar-refractivity contribution in [1.29, 1.82) is 0 Å². The summed E-state index contributed by atoms with van der Waals surface area (Å²) in [4.78, 5) is 1.85. The normalized spacial score (nSPS) is 11.6. The fourth-order valence-corrected chi connectivity index (χ4v) is 2.88. The predicted molar refractivity (Wildman–Crippen MR) is 56.4 cm³/mol. The zero-order valence-corrected chi connectivity index (χ0v) is 10.3. The van der Waals surface area contributed by atoms with Crippen molar-refractivity contribution >= 4 is 41.9 Å². The largest absolute Gasteiger partial charge is 0.257 e. The van der Waals surface area contributed by atoms with Crippen LogP contribution >= 0.6 is 31.9 Å². The number of nitrogens with one attached hydrogen (secondary N) is 1. The van der Waals surface area contributed by atoms with Gasteiger partial charge in [0, 0.05) is 8.95 Å². The Morgan fingerprint density at radius 1 is 1.31 bits per heavy atom. The average molecular weight is 330 g/mol. The van der Waals surface area contributed by atoms with Crippen molar-refractivity contribution in [3.63, 3.8) is 0 Å². The van der Waals surface area contributed by atoms with Crippen LogP contribution in [-0.2, 0) is 10.0 Å². The molecule has 4 nitrogen and oxygen atoms in total. The summed E-state index contributed by atoms with van der Waals surface area (Å²) < 4.78 is 23.7. The third kappa shape index (κ3) is 2.50. The van der Waals surface area contributed by atoms with E-state index in [0.29, 0.717) is 8.95 Å². The summed E-state index contributed by atoms with van der Waals surface area (Å²) in [6, 6.07) is 4.80. The molecule has 0 aromatic heterocycles. The van der Waals surface area contributed by atoms with Gasteiger partial charge in [-0.15, -0.1) is 0 Å². The molecule has 0 spiro atoms. The summed E-state index contributed by atoms with van der Waals surface area (Å²) in [6.07, 6.45) is 0. The van der Waals surface area contributed by atoms with Crippen molar-refractivity contribution in [2.24, 2.45) is 5.84 Å². The van der Waals surface area contributed by atoms with Crippen LogP contribution in [0, 0.1) is 0 Å². The molecule has 0 bridgehead atoms. The van der Waals surface area contributed by atoms with Crippen LogP contribution in [-0.4, -0.2) is 8.42 Å². The second-order valence-corrected chi connectivity index (χ2v) is 5.65. The molecular weight excluding hydrogens is 324 g/mol. The van der Waals surface area contributed by atoms with Gasteiger partial charge in [0.05, 0.1) is 4.90 Å². The Morgan fingerprint density at radius 3 is 2.46 bits per heavy atom. The van der Waals surface area contributed by atoms with Crippen molar-refractivity contribution in [2.45, 2.75) is 4.90 Å². The van der Waals surface area contributed by atoms with E-state index >= 15 is 0 Å². The first kappa shape index (κ1) is 11.1. The topological polar surface area (TPSA) is 72.2 Å². The Hall–Kier alpha value is 0.0500. The van der Waals surface area contributed by atoms with Gasteiger partial charge in [0.2, 0.25) is 0 Å². The highest BCUT2D eigenvalue weighted by atomic mass is 79.9. The Labute approximate surface area is 92.8 Å². The summed E-state index contributed by atoms with van der Waals surface area (Å²) >= 11 is 6.28. The SMILES string of the molecule is NNS(=O)(=O)c1cc(Br)ccc1Br. The molecule has 1 aromatic rings. The Morgan fingerprint density at radius 2 is 1.92 bits per heavy atom. The molecule has 13 heavy (non-hydrogen) atoms. The van der Waals surface area contributed by atoms with E-state index in [4.69, 9.17) is 5.84 Å². The van der Waals surface area contributed by atoms with Gasteiger partial charge in [-0.2, -0.15) is 4.83 Å². The second-order valence-electron chi connectivity index (χ2n) is 2.20. The van der Waals surface area contributed by atoms with Crippen LogP contribution in [0.3, 0.4) is 0 Å². The molecule has 7 heteroatoms. The maximum Gasteiger partial charge on any atom is 0.254 e. The molecule has 1 aromatic carbocycles. The minimum absolute atomic E-state index is 0.101. The third-order valence-electron chi connectivity index (χ3n) is 1.34. The maximum atomic E-state index is 11.3. The molecule has 1 rings (SSSR count). The molecule has 0 saturated heterocycles. The van der Waals surface area contributed by atoms with Gasteiger partial charge in [0.15, 0.2) is 0 Å². The Kier molecular flexibility index (Phi) is 3.47. The van der Waals surface area contributed by atoms with E-state index in [1.807, 2.05) is 0 Å². The molecule has 0 saturated carbocycles. The second kappa shape index (κ2) is 4.05. The predicted octanol–water partition coefficient (Wildman–Crippen LogP) is 1.36. The highest BCUT2D eigenvalue weighted by Crippen LogP contribution is 2.24. The number of rotatable bonds is 2. The fraction of sp³-hybridized carbons (Fsp3) is 0. The van der Waals surface area contributed by atoms with Crippen LogP contribution in [0.15, 0.2) is 32.0 Å². The van der Waals surface area contributed by atoms with E-state index in [9.17, 15) is 8.42 Å². The fourth-order valence-electron chi connectivity index (χ4n) is 0.747. The molecular formula is C6H6Br2N2O2S. The summed E-state index contributed by atoms with van der Waals surface area (Å²) in [5.41, 5.74) is 0. The molecule has 0 fully saturated rings. The zero-order chi connectivity index (χ0) is 10.1. The number of hydrogen-bond donors (Lipinski definition) is 2. The zero-order valence-electron chi connectivity index (χ0n) is 6.29. The van der Waals surface area contributed by atoms with Gasteiger partial charge >= 0.3 is 0 Å². The van der Waals surface area contributed by atoms with Crippen LogP contribution in [0.1, 0.15) is 0 Å². The first-order valence-electron chi connectivity index (χ1n) is 3.15. The molecule has 0 aliphatic carbocycles. The van der Waals surface area contributed by atoms with Gasteiger partial charge in [0.25, 0.3) is 10.0 Å². The molecule has 0 aliphatic rings. The van der Waals surface area contributed by atoms with E-state index < -0.39 is 10.0 Å². The minimum atomic E-state index is -3.60. The molecule has 0 aliphatic heterocycles. The monoisotopic (exact) mass is 328 g/mol. The molecule has 0 unspecified atom stereocenters. The van der Waals surface area contributed by atoms with Gasteiger partial charge in [-0.05, 0) is 34.1 Å². The van der Waals surface area contributed by atoms with Crippen LogP contribution in [0.25, 0.3) is 0 Å². The number of nitrogens with two attached hydrogens (primary N) is 1. The average Bonchev–Trinajstić information content (AvgIpc) is 2.09. The summed E-state index contributed by atoms with van der Waals surface area (Å²) in [5, 5.41) is 0. The third-order valence-corrected chi connectivity index (χ3v) is 4.01. The molecule has 3 N–H and O–H groups in total. The van der Waals surface area contributed by atoms with Gasteiger partial charge in [-0.3, -0.25) is 5.84 Å². The molecule has 0 radical (unpaired) electrons. The van der Waals surface area contributed by atoms with Crippen molar-refractivity contribution < 1.29 is 8.42 Å². The van der Waals surface area contributed by atoms with E-state index in [-0.39, 0.29) is 4.90 Å². The van der Waals surface area contributed by atoms with Gasteiger partial charge in [-0.1, -0.05) is 15.9 Å². The highest BCUT2D eigenvalue weighted by molar-refractivity contribution is 9.11. The first-order chi connectivity index (χ1) is 5.97. The first-order valence-corrected chi connectivity index (χ1v) is 6.22. The van der Waals surface area contributed by atoms with E-state index in [1.54, 1.807) is 17.0 Å². The lowest BCUT2D eigenvalue weighted by Crippen LogP contribution is -2.30. The summed E-state index contributed by atoms with van der Waals surface area (Å²) in [6.45, 7) is 0. The summed E-state index contributed by atoms with van der Waals surface area (Å²) in [7, 11) is -3.60. The van der Waals surface area contributed by atoms with Crippen molar-refractivity contribution in [3.8, 4) is 0 Å². The lowest BCUT2D eigenvalue weighted by Gasteiger charge is -2.04. The smallest absolute Gasteiger partial charge is 0.254 e. The quantitative estimate of drug-likeness (QED) is 0.635. The van der Waals surface area contributed by atoms with Gasteiger partial charge < -0.3 is 0 Å². The van der Waals surface area contributed by atoms with Gasteiger partial charge in [0.1, 0.15) is 0 Å². The molecule has 0 heterocycles. The molecule has 0 amide bonds. The van der Waals surface area contributed by atoms with Crippen LogP contribution in [0.4, 0.5) is 0 Å². The minimum Gasteiger partial charge on any atom is -0.257 e. The lowest BCUT2D eigenvalue weighted by atomic mass is 10.4.